The fraction of sp³-hybridized carbons (Fsp3) is 0.500. The van der Waals surface area contributed by atoms with Gasteiger partial charge in [0.15, 0.2) is 0 Å². The summed E-state index contributed by atoms with van der Waals surface area (Å²) in [4.78, 5) is 28.2. The molecule has 0 saturated heterocycles. The molecular weight excluding hydrogens is 415 g/mol. The summed E-state index contributed by atoms with van der Waals surface area (Å²) in [5.74, 6) is 0.0184. The molecule has 1 aliphatic carbocycles. The van der Waals surface area contributed by atoms with Crippen molar-refractivity contribution in [1.29, 1.82) is 0 Å². The van der Waals surface area contributed by atoms with Crippen LogP contribution in [0, 0.1) is 5.82 Å². The summed E-state index contributed by atoms with van der Waals surface area (Å²) in [6, 6.07) is 14.2. The molecule has 0 bridgehead atoms. The molecule has 1 fully saturated rings. The summed E-state index contributed by atoms with van der Waals surface area (Å²) in [6.45, 7) is 6.55. The van der Waals surface area contributed by atoms with Gasteiger partial charge in [-0.15, -0.1) is 0 Å². The molecule has 33 heavy (non-hydrogen) atoms. The second-order valence-corrected chi connectivity index (χ2v) is 9.46. The maximum atomic E-state index is 13.4. The van der Waals surface area contributed by atoms with Crippen molar-refractivity contribution in [2.24, 2.45) is 0 Å². The largest absolute Gasteiger partial charge is 0.352 e. The summed E-state index contributed by atoms with van der Waals surface area (Å²) in [7, 11) is 0. The number of hydrogen-bond donors (Lipinski definition) is 1. The van der Waals surface area contributed by atoms with Crippen LogP contribution in [0.15, 0.2) is 48.5 Å². The van der Waals surface area contributed by atoms with E-state index in [4.69, 9.17) is 0 Å². The number of carbonyl (C=O) groups is 2. The molecule has 2 amide bonds. The number of carbonyl (C=O) groups excluding carboxylic acids is 2. The van der Waals surface area contributed by atoms with Gasteiger partial charge in [-0.05, 0) is 60.4 Å². The van der Waals surface area contributed by atoms with E-state index in [0.717, 1.165) is 36.8 Å². The molecule has 5 heteroatoms. The number of amides is 2. The zero-order chi connectivity index (χ0) is 23.8. The summed E-state index contributed by atoms with van der Waals surface area (Å²) < 4.78 is 13.4. The van der Waals surface area contributed by atoms with E-state index in [1.807, 2.05) is 6.92 Å². The Hall–Kier alpha value is -2.69. The van der Waals surface area contributed by atoms with Gasteiger partial charge >= 0.3 is 0 Å². The molecule has 1 N–H and O–H groups in total. The smallest absolute Gasteiger partial charge is 0.243 e. The molecule has 0 unspecified atom stereocenters. The van der Waals surface area contributed by atoms with Gasteiger partial charge in [0, 0.05) is 19.0 Å². The van der Waals surface area contributed by atoms with Crippen LogP contribution in [-0.4, -0.2) is 28.8 Å². The SMILES string of the molecule is CC[C@@H](C(=O)NC1CCCC1)N(Cc1ccc(F)cc1)C(=O)CCc1ccc(C(C)C)cc1. The first-order chi connectivity index (χ1) is 15.9. The van der Waals surface area contributed by atoms with Crippen LogP contribution in [0.4, 0.5) is 4.39 Å². The minimum atomic E-state index is -0.536. The topological polar surface area (TPSA) is 49.4 Å². The zero-order valence-corrected chi connectivity index (χ0v) is 20.1. The highest BCUT2D eigenvalue weighted by atomic mass is 19.1. The number of nitrogens with zero attached hydrogens (tertiary/aromatic N) is 1. The molecule has 0 aromatic heterocycles. The summed E-state index contributed by atoms with van der Waals surface area (Å²) in [5, 5.41) is 3.16. The lowest BCUT2D eigenvalue weighted by atomic mass is 10.00. The van der Waals surface area contributed by atoms with Crippen LogP contribution in [0.1, 0.15) is 81.9 Å². The van der Waals surface area contributed by atoms with Gasteiger partial charge in [-0.25, -0.2) is 4.39 Å². The van der Waals surface area contributed by atoms with Gasteiger partial charge in [-0.2, -0.15) is 0 Å². The Morgan fingerprint density at radius 2 is 1.61 bits per heavy atom. The van der Waals surface area contributed by atoms with Crippen LogP contribution >= 0.6 is 0 Å². The van der Waals surface area contributed by atoms with E-state index in [9.17, 15) is 14.0 Å². The number of aryl methyl sites for hydroxylation is 1. The number of benzene rings is 2. The highest BCUT2D eigenvalue weighted by molar-refractivity contribution is 5.88. The first-order valence-corrected chi connectivity index (χ1v) is 12.3. The van der Waals surface area contributed by atoms with Gasteiger partial charge in [0.25, 0.3) is 0 Å². The molecular formula is C28H37FN2O2. The maximum Gasteiger partial charge on any atom is 0.243 e. The van der Waals surface area contributed by atoms with Crippen LogP contribution in [0.3, 0.4) is 0 Å². The number of nitrogens with one attached hydrogen (secondary N) is 1. The molecule has 3 rings (SSSR count). The molecule has 178 valence electrons. The summed E-state index contributed by atoms with van der Waals surface area (Å²) in [5.41, 5.74) is 3.20. The van der Waals surface area contributed by atoms with E-state index in [1.54, 1.807) is 17.0 Å². The van der Waals surface area contributed by atoms with Gasteiger partial charge in [-0.1, -0.05) is 70.0 Å². The maximum absolute atomic E-state index is 13.4. The van der Waals surface area contributed by atoms with Crippen molar-refractivity contribution in [1.82, 2.24) is 10.2 Å². The van der Waals surface area contributed by atoms with Crippen molar-refractivity contribution in [2.45, 2.75) is 90.3 Å². The summed E-state index contributed by atoms with van der Waals surface area (Å²) >= 11 is 0. The van der Waals surface area contributed by atoms with Crippen LogP contribution in [-0.2, 0) is 22.6 Å². The van der Waals surface area contributed by atoms with Gasteiger partial charge < -0.3 is 10.2 Å². The molecule has 0 spiro atoms. The average Bonchev–Trinajstić information content (AvgIpc) is 3.32. The lowest BCUT2D eigenvalue weighted by Gasteiger charge is -2.31. The van der Waals surface area contributed by atoms with E-state index in [-0.39, 0.29) is 23.7 Å². The van der Waals surface area contributed by atoms with Crippen molar-refractivity contribution in [3.8, 4) is 0 Å². The number of rotatable bonds is 10. The first kappa shape index (κ1) is 24.9. The molecule has 4 nitrogen and oxygen atoms in total. The standard InChI is InChI=1S/C28H37FN2O2/c1-4-26(28(33)30-25-7-5-6-8-25)31(19-22-11-16-24(29)17-12-22)27(32)18-13-21-9-14-23(15-10-21)20(2)3/h9-12,14-17,20,25-26H,4-8,13,18-19H2,1-3H3,(H,30,33)/t26-/m0/s1. The quantitative estimate of drug-likeness (QED) is 0.499. The first-order valence-electron chi connectivity index (χ1n) is 12.3. The van der Waals surface area contributed by atoms with Gasteiger partial charge in [-0.3, -0.25) is 9.59 Å². The number of hydrogen-bond acceptors (Lipinski definition) is 2. The number of halogens is 1. The van der Waals surface area contributed by atoms with E-state index in [0.29, 0.717) is 31.7 Å². The zero-order valence-electron chi connectivity index (χ0n) is 20.1. The van der Waals surface area contributed by atoms with Crippen LogP contribution in [0.2, 0.25) is 0 Å². The molecule has 1 atom stereocenters. The third kappa shape index (κ3) is 7.15. The Kier molecular flexibility index (Phi) is 9.04. The third-order valence-corrected chi connectivity index (χ3v) is 6.63. The van der Waals surface area contributed by atoms with Crippen molar-refractivity contribution in [2.75, 3.05) is 0 Å². The van der Waals surface area contributed by atoms with E-state index in [1.165, 1.54) is 17.7 Å². The average molecular weight is 453 g/mol. The van der Waals surface area contributed by atoms with Gasteiger partial charge in [0.05, 0.1) is 0 Å². The van der Waals surface area contributed by atoms with E-state index >= 15 is 0 Å². The highest BCUT2D eigenvalue weighted by Gasteiger charge is 2.30. The second kappa shape index (κ2) is 12.0. The Labute approximate surface area is 197 Å². The minimum Gasteiger partial charge on any atom is -0.352 e. The normalized spacial score (nSPS) is 14.9. The fourth-order valence-corrected chi connectivity index (χ4v) is 4.54. The van der Waals surface area contributed by atoms with Crippen LogP contribution < -0.4 is 5.32 Å². The second-order valence-electron chi connectivity index (χ2n) is 9.46. The van der Waals surface area contributed by atoms with Crippen molar-refractivity contribution < 1.29 is 14.0 Å². The lowest BCUT2D eigenvalue weighted by molar-refractivity contribution is -0.141. The van der Waals surface area contributed by atoms with Gasteiger partial charge in [0.2, 0.25) is 11.8 Å². The van der Waals surface area contributed by atoms with Crippen LogP contribution in [0.5, 0.6) is 0 Å². The predicted octanol–water partition coefficient (Wildman–Crippen LogP) is 5.75. The lowest BCUT2D eigenvalue weighted by Crippen LogP contribution is -2.51. The Balaban J connectivity index is 1.73. The van der Waals surface area contributed by atoms with Crippen molar-refractivity contribution >= 4 is 11.8 Å². The fourth-order valence-electron chi connectivity index (χ4n) is 4.54. The highest BCUT2D eigenvalue weighted by Crippen LogP contribution is 2.20. The van der Waals surface area contributed by atoms with Crippen molar-refractivity contribution in [3.05, 3.63) is 71.0 Å². The van der Waals surface area contributed by atoms with E-state index in [2.05, 4.69) is 43.4 Å². The molecule has 2 aromatic carbocycles. The monoisotopic (exact) mass is 452 g/mol. The molecule has 0 radical (unpaired) electrons. The molecule has 2 aromatic rings. The Morgan fingerprint density at radius 3 is 2.18 bits per heavy atom. The Morgan fingerprint density at radius 1 is 1.00 bits per heavy atom. The summed E-state index contributed by atoms with van der Waals surface area (Å²) in [6.07, 6.45) is 5.76. The minimum absolute atomic E-state index is 0.0549. The molecule has 0 heterocycles. The van der Waals surface area contributed by atoms with Crippen molar-refractivity contribution in [3.63, 3.8) is 0 Å². The molecule has 1 aliphatic rings. The Bertz CT molecular complexity index is 902. The van der Waals surface area contributed by atoms with Crippen LogP contribution in [0.25, 0.3) is 0 Å². The third-order valence-electron chi connectivity index (χ3n) is 6.63. The van der Waals surface area contributed by atoms with E-state index < -0.39 is 6.04 Å². The molecule has 1 saturated carbocycles. The predicted molar refractivity (Wildman–Crippen MR) is 130 cm³/mol. The molecule has 0 aliphatic heterocycles. The van der Waals surface area contributed by atoms with Gasteiger partial charge in [0.1, 0.15) is 11.9 Å².